The van der Waals surface area contributed by atoms with Crippen molar-refractivity contribution in [3.05, 3.63) is 75.5 Å². The molecular formula is C32H34F2N8O6S2. The predicted octanol–water partition coefficient (Wildman–Crippen LogP) is 5.37. The van der Waals surface area contributed by atoms with Gasteiger partial charge in [-0.25, -0.2) is 22.8 Å². The standard InChI is InChI=1S/C32H34F2N8O6S2/c1-18-16-25(39-38-18)35-28-27(48-4)29(41-14-10-19(11-15-41)30(43)40(2)3)37-31(36-28)49-24-9-8-20(17-22(24)33)50(46,47)32(12-13-32)21-6-5-7-23(26(21)34)42(44)45/h5-9,16-17,19H,10-15H2,1-4H3,(H2,35,36,37,38,39). The number of aryl methyl sites for hydroxylation is 1. The minimum atomic E-state index is -4.36. The summed E-state index contributed by atoms with van der Waals surface area (Å²) in [5.74, 6) is -0.745. The number of rotatable bonds is 11. The number of aromatic amines is 1. The highest BCUT2D eigenvalue weighted by Crippen LogP contribution is 2.56. The van der Waals surface area contributed by atoms with Crippen LogP contribution in [0.25, 0.3) is 0 Å². The number of H-pyrrole nitrogens is 1. The molecule has 50 heavy (non-hydrogen) atoms. The highest BCUT2D eigenvalue weighted by Gasteiger charge is 2.58. The van der Waals surface area contributed by atoms with Crippen LogP contribution in [0.4, 0.5) is 31.9 Å². The molecule has 1 aliphatic carbocycles. The van der Waals surface area contributed by atoms with E-state index in [9.17, 15) is 23.3 Å². The Labute approximate surface area is 290 Å². The maximum atomic E-state index is 15.8. The molecule has 14 nitrogen and oxygen atoms in total. The van der Waals surface area contributed by atoms with Crippen LogP contribution in [-0.2, 0) is 19.4 Å². The Balaban J connectivity index is 1.32. The van der Waals surface area contributed by atoms with E-state index < -0.39 is 36.8 Å². The Kier molecular flexibility index (Phi) is 9.43. The Morgan fingerprint density at radius 2 is 1.88 bits per heavy atom. The van der Waals surface area contributed by atoms with Crippen molar-refractivity contribution in [1.82, 2.24) is 25.1 Å². The summed E-state index contributed by atoms with van der Waals surface area (Å²) in [5, 5.41) is 21.6. The van der Waals surface area contributed by atoms with Gasteiger partial charge in [0.15, 0.2) is 32.4 Å². The van der Waals surface area contributed by atoms with Crippen LogP contribution in [0.3, 0.4) is 0 Å². The number of nitro benzene ring substituents is 1. The lowest BCUT2D eigenvalue weighted by Crippen LogP contribution is -2.40. The highest BCUT2D eigenvalue weighted by atomic mass is 32.2. The molecule has 0 radical (unpaired) electrons. The number of anilines is 3. The number of halogens is 2. The third-order valence-electron chi connectivity index (χ3n) is 8.87. The number of benzene rings is 2. The molecule has 2 N–H and O–H groups in total. The Bertz CT molecular complexity index is 2080. The van der Waals surface area contributed by atoms with Crippen LogP contribution in [0.15, 0.2) is 57.4 Å². The van der Waals surface area contributed by atoms with Gasteiger partial charge in [0.05, 0.1) is 21.8 Å². The van der Waals surface area contributed by atoms with Crippen LogP contribution >= 0.6 is 11.8 Å². The number of nitro groups is 1. The Morgan fingerprint density at radius 3 is 2.46 bits per heavy atom. The topological polar surface area (TPSA) is 177 Å². The number of piperidine rings is 1. The molecule has 2 aromatic carbocycles. The van der Waals surface area contributed by atoms with Gasteiger partial charge in [-0.3, -0.25) is 20.0 Å². The van der Waals surface area contributed by atoms with Gasteiger partial charge in [0, 0.05) is 56.5 Å². The molecule has 18 heteroatoms. The second kappa shape index (κ2) is 13.5. The fourth-order valence-corrected chi connectivity index (χ4v) is 8.92. The summed E-state index contributed by atoms with van der Waals surface area (Å²) < 4.78 is 62.5. The summed E-state index contributed by atoms with van der Waals surface area (Å²) >= 11 is 0.859. The van der Waals surface area contributed by atoms with Gasteiger partial charge in [0.2, 0.25) is 17.5 Å². The number of nitrogens with one attached hydrogen (secondary N) is 2. The van der Waals surface area contributed by atoms with Crippen LogP contribution in [0.1, 0.15) is 36.9 Å². The summed E-state index contributed by atoms with van der Waals surface area (Å²) in [5.41, 5.74) is -0.350. The molecule has 1 amide bonds. The Morgan fingerprint density at radius 1 is 1.16 bits per heavy atom. The molecule has 0 bridgehead atoms. The van der Waals surface area contributed by atoms with Crippen molar-refractivity contribution in [2.24, 2.45) is 5.92 Å². The molecule has 2 aromatic heterocycles. The summed E-state index contributed by atoms with van der Waals surface area (Å²) in [4.78, 5) is 35.5. The lowest BCUT2D eigenvalue weighted by Gasteiger charge is -2.34. The number of carbonyl (C=O) groups excluding carboxylic acids is 1. The van der Waals surface area contributed by atoms with Crippen molar-refractivity contribution in [2.45, 2.75) is 52.3 Å². The highest BCUT2D eigenvalue weighted by molar-refractivity contribution is 7.99. The zero-order chi connectivity index (χ0) is 36.0. The van der Waals surface area contributed by atoms with E-state index in [-0.39, 0.29) is 51.0 Å². The van der Waals surface area contributed by atoms with Crippen molar-refractivity contribution in [3.8, 4) is 5.75 Å². The van der Waals surface area contributed by atoms with Gasteiger partial charge in [0.25, 0.3) is 0 Å². The second-order valence-corrected chi connectivity index (χ2v) is 15.6. The van der Waals surface area contributed by atoms with Gasteiger partial charge >= 0.3 is 5.69 Å². The fraction of sp³-hybridized carbons (Fsp3) is 0.375. The lowest BCUT2D eigenvalue weighted by atomic mass is 9.95. The van der Waals surface area contributed by atoms with Crippen molar-refractivity contribution in [3.63, 3.8) is 0 Å². The first-order chi connectivity index (χ1) is 23.8. The molecule has 6 rings (SSSR count). The van der Waals surface area contributed by atoms with Crippen molar-refractivity contribution < 1.29 is 31.7 Å². The van der Waals surface area contributed by atoms with Gasteiger partial charge in [-0.1, -0.05) is 12.1 Å². The zero-order valence-corrected chi connectivity index (χ0v) is 29.2. The zero-order valence-electron chi connectivity index (χ0n) is 27.6. The molecule has 1 saturated carbocycles. The van der Waals surface area contributed by atoms with E-state index in [1.807, 2.05) is 11.8 Å². The van der Waals surface area contributed by atoms with E-state index in [4.69, 9.17) is 9.72 Å². The van der Waals surface area contributed by atoms with Crippen molar-refractivity contribution in [1.29, 1.82) is 0 Å². The molecule has 0 unspecified atom stereocenters. The quantitative estimate of drug-likeness (QED) is 0.115. The molecule has 3 heterocycles. The molecular weight excluding hydrogens is 695 g/mol. The van der Waals surface area contributed by atoms with Crippen LogP contribution in [0.5, 0.6) is 5.75 Å². The van der Waals surface area contributed by atoms with E-state index in [1.165, 1.54) is 31.4 Å². The molecule has 1 saturated heterocycles. The molecule has 1 aliphatic heterocycles. The largest absolute Gasteiger partial charge is 0.490 e. The SMILES string of the molecule is COc1c(Nc2cc(C)[nH]n2)nc(Sc2ccc(S(=O)(=O)C3(c4cccc([N+](=O)[O-])c4F)CC3)cc2F)nc1N1CCC(C(=O)N(C)C)CC1. The van der Waals surface area contributed by atoms with Gasteiger partial charge in [-0.15, -0.1) is 0 Å². The summed E-state index contributed by atoms with van der Waals surface area (Å²) in [6.45, 7) is 2.83. The van der Waals surface area contributed by atoms with E-state index in [2.05, 4.69) is 20.5 Å². The third kappa shape index (κ3) is 6.44. The van der Waals surface area contributed by atoms with Gasteiger partial charge in [-0.05, 0) is 62.6 Å². The van der Waals surface area contributed by atoms with E-state index >= 15 is 8.78 Å². The first-order valence-corrected chi connectivity index (χ1v) is 17.9. The lowest BCUT2D eigenvalue weighted by molar-refractivity contribution is -0.387. The van der Waals surface area contributed by atoms with Crippen LogP contribution < -0.4 is 15.0 Å². The Hall–Kier alpha value is -4.84. The summed E-state index contributed by atoms with van der Waals surface area (Å²) in [6.07, 6.45) is 1.22. The van der Waals surface area contributed by atoms with Gasteiger partial charge < -0.3 is 19.9 Å². The first kappa shape index (κ1) is 35.0. The first-order valence-electron chi connectivity index (χ1n) is 15.6. The monoisotopic (exact) mass is 728 g/mol. The summed E-state index contributed by atoms with van der Waals surface area (Å²) in [7, 11) is 0.568. The van der Waals surface area contributed by atoms with Crippen molar-refractivity contribution >= 4 is 50.6 Å². The number of aromatic nitrogens is 4. The number of hydrogen-bond acceptors (Lipinski definition) is 12. The second-order valence-electron chi connectivity index (χ2n) is 12.4. The number of sulfone groups is 1. The van der Waals surface area contributed by atoms with E-state index in [0.29, 0.717) is 43.3 Å². The number of nitrogens with zero attached hydrogens (tertiary/aromatic N) is 6. The van der Waals surface area contributed by atoms with Crippen LogP contribution in [0, 0.1) is 34.6 Å². The number of methoxy groups -OCH3 is 1. The molecule has 0 atom stereocenters. The normalized spacial score (nSPS) is 15.8. The average molecular weight is 729 g/mol. The number of amides is 1. The molecule has 2 aliphatic rings. The van der Waals surface area contributed by atoms with E-state index in [1.54, 1.807) is 25.1 Å². The number of hydrogen-bond donors (Lipinski definition) is 2. The number of ether oxygens (including phenoxy) is 1. The molecule has 0 spiro atoms. The molecule has 264 valence electrons. The van der Waals surface area contributed by atoms with Crippen LogP contribution in [-0.4, -0.2) is 78.6 Å². The maximum Gasteiger partial charge on any atom is 0.305 e. The fourth-order valence-electron chi connectivity index (χ4n) is 6.12. The van der Waals surface area contributed by atoms with E-state index in [0.717, 1.165) is 29.6 Å². The van der Waals surface area contributed by atoms with Crippen LogP contribution in [0.2, 0.25) is 0 Å². The maximum absolute atomic E-state index is 15.8. The average Bonchev–Trinajstić information content (AvgIpc) is 3.81. The minimum Gasteiger partial charge on any atom is -0.490 e. The smallest absolute Gasteiger partial charge is 0.305 e. The summed E-state index contributed by atoms with van der Waals surface area (Å²) in [6, 6.07) is 8.53. The van der Waals surface area contributed by atoms with Gasteiger partial charge in [-0.2, -0.15) is 9.49 Å². The van der Waals surface area contributed by atoms with Gasteiger partial charge in [0.1, 0.15) is 10.6 Å². The molecule has 4 aromatic rings. The number of carbonyl (C=O) groups is 1. The molecule has 2 fully saturated rings. The third-order valence-corrected chi connectivity index (χ3v) is 12.3. The minimum absolute atomic E-state index is 0.0169. The predicted molar refractivity (Wildman–Crippen MR) is 180 cm³/mol. The van der Waals surface area contributed by atoms with Crippen molar-refractivity contribution in [2.75, 3.05) is 44.5 Å².